The van der Waals surface area contributed by atoms with Crippen LogP contribution in [0.15, 0.2) is 65.7 Å². The van der Waals surface area contributed by atoms with E-state index in [0.717, 1.165) is 18.4 Å². The Bertz CT molecular complexity index is 813. The normalized spacial score (nSPS) is 19.1. The van der Waals surface area contributed by atoms with Crippen molar-refractivity contribution in [2.24, 2.45) is 0 Å². The predicted molar refractivity (Wildman–Crippen MR) is 106 cm³/mol. The van der Waals surface area contributed by atoms with Crippen LogP contribution >= 0.6 is 0 Å². The summed E-state index contributed by atoms with van der Waals surface area (Å²) in [5.74, 6) is -0.0794. The highest BCUT2D eigenvalue weighted by molar-refractivity contribution is 6.25. The number of carbonyl (C=O) groups excluding carboxylic acids is 1. The molecule has 148 valence electrons. The van der Waals surface area contributed by atoms with Gasteiger partial charge in [-0.2, -0.15) is 0 Å². The fraction of sp³-hybridized carbons (Fsp3) is 0.333. The van der Waals surface area contributed by atoms with Gasteiger partial charge in [-0.3, -0.25) is 5.41 Å². The summed E-state index contributed by atoms with van der Waals surface area (Å²) >= 11 is 0. The van der Waals surface area contributed by atoms with Gasteiger partial charge in [0.2, 0.25) is 0 Å². The van der Waals surface area contributed by atoms with Crippen LogP contribution in [0.25, 0.3) is 0 Å². The Labute approximate surface area is 164 Å². The van der Waals surface area contributed by atoms with Crippen molar-refractivity contribution >= 4 is 11.7 Å². The maximum absolute atomic E-state index is 14.6. The number of nitrogens with one attached hydrogen (secondary N) is 4. The highest BCUT2D eigenvalue weighted by atomic mass is 19.1. The molecule has 1 aromatic carbocycles. The van der Waals surface area contributed by atoms with Crippen molar-refractivity contribution in [1.82, 2.24) is 16.0 Å². The fourth-order valence-electron chi connectivity index (χ4n) is 2.66. The maximum atomic E-state index is 14.6. The Hall–Kier alpha value is -3.09. The Morgan fingerprint density at radius 2 is 2.07 bits per heavy atom. The molecule has 7 heteroatoms. The van der Waals surface area contributed by atoms with Crippen molar-refractivity contribution < 1.29 is 13.9 Å². The first-order chi connectivity index (χ1) is 13.6. The highest BCUT2D eigenvalue weighted by Crippen LogP contribution is 2.23. The van der Waals surface area contributed by atoms with Crippen LogP contribution in [0.1, 0.15) is 25.3 Å². The van der Waals surface area contributed by atoms with Crippen molar-refractivity contribution in [2.45, 2.75) is 38.7 Å². The number of alkyl halides is 1. The summed E-state index contributed by atoms with van der Waals surface area (Å²) in [6, 6.07) is 9.66. The number of carbonyl (C=O) groups is 1. The van der Waals surface area contributed by atoms with Gasteiger partial charge in [-0.25, -0.2) is 9.18 Å². The molecular weight excluding hydrogens is 359 g/mol. The van der Waals surface area contributed by atoms with Gasteiger partial charge in [-0.1, -0.05) is 30.3 Å². The number of ether oxygens (including phenoxy) is 1. The van der Waals surface area contributed by atoms with Crippen LogP contribution in [0.4, 0.5) is 4.39 Å². The van der Waals surface area contributed by atoms with Gasteiger partial charge in [0, 0.05) is 24.4 Å². The molecule has 3 rings (SSSR count). The van der Waals surface area contributed by atoms with Crippen LogP contribution in [-0.4, -0.2) is 30.6 Å². The van der Waals surface area contributed by atoms with Gasteiger partial charge in [-0.15, -0.1) is 0 Å². The average molecular weight is 384 g/mol. The zero-order valence-electron chi connectivity index (χ0n) is 15.8. The summed E-state index contributed by atoms with van der Waals surface area (Å²) in [6.45, 7) is 2.52. The van der Waals surface area contributed by atoms with Crippen molar-refractivity contribution in [2.75, 3.05) is 6.54 Å². The lowest BCUT2D eigenvalue weighted by atomic mass is 10.00. The Kier molecular flexibility index (Phi) is 6.47. The van der Waals surface area contributed by atoms with Gasteiger partial charge in [0.05, 0.1) is 5.71 Å². The van der Waals surface area contributed by atoms with E-state index in [1.807, 2.05) is 37.3 Å². The molecule has 0 aromatic heterocycles. The van der Waals surface area contributed by atoms with Crippen molar-refractivity contribution in [1.29, 1.82) is 5.41 Å². The minimum absolute atomic E-state index is 0.0134. The summed E-state index contributed by atoms with van der Waals surface area (Å²) in [5.41, 5.74) is 0.703. The average Bonchev–Trinajstić information content (AvgIpc) is 3.51. The minimum atomic E-state index is -1.58. The zero-order chi connectivity index (χ0) is 19.9. The molecule has 28 heavy (non-hydrogen) atoms. The molecule has 6 nitrogen and oxygen atoms in total. The van der Waals surface area contributed by atoms with E-state index < -0.39 is 12.3 Å². The van der Waals surface area contributed by atoms with Gasteiger partial charge in [0.25, 0.3) is 0 Å². The first-order valence-corrected chi connectivity index (χ1v) is 9.41. The van der Waals surface area contributed by atoms with E-state index in [9.17, 15) is 9.18 Å². The topological polar surface area (TPSA) is 86.2 Å². The SMILES string of the molecule is CCN/C=C(\C(=N)C1=CC=C(NC2CC2)NC1F)C(=O)OCc1ccccc1. The third kappa shape index (κ3) is 5.22. The van der Waals surface area contributed by atoms with Crippen LogP contribution in [0.2, 0.25) is 0 Å². The van der Waals surface area contributed by atoms with Crippen LogP contribution in [0, 0.1) is 5.41 Å². The smallest absolute Gasteiger partial charge is 0.342 e. The summed E-state index contributed by atoms with van der Waals surface area (Å²) in [6.07, 6.45) is 5.20. The predicted octanol–water partition coefficient (Wildman–Crippen LogP) is 2.66. The van der Waals surface area contributed by atoms with Crippen LogP contribution < -0.4 is 16.0 Å². The summed E-state index contributed by atoms with van der Waals surface area (Å²) in [5, 5.41) is 17.2. The first-order valence-electron chi connectivity index (χ1n) is 9.41. The number of halogens is 1. The van der Waals surface area contributed by atoms with E-state index in [-0.39, 0.29) is 23.5 Å². The molecule has 0 radical (unpaired) electrons. The molecule has 2 aliphatic rings. The number of dihydropyridines is 1. The van der Waals surface area contributed by atoms with E-state index in [1.54, 1.807) is 6.08 Å². The largest absolute Gasteiger partial charge is 0.457 e. The molecule has 1 aliphatic carbocycles. The molecular formula is C21H25FN4O2. The second-order valence-corrected chi connectivity index (χ2v) is 6.68. The van der Waals surface area contributed by atoms with Gasteiger partial charge < -0.3 is 20.7 Å². The zero-order valence-corrected chi connectivity index (χ0v) is 15.8. The molecule has 0 spiro atoms. The summed E-state index contributed by atoms with van der Waals surface area (Å²) < 4.78 is 19.9. The van der Waals surface area contributed by atoms with Gasteiger partial charge in [0.15, 0.2) is 6.30 Å². The van der Waals surface area contributed by atoms with E-state index in [1.165, 1.54) is 12.3 Å². The number of benzene rings is 1. The number of esters is 1. The third-order valence-electron chi connectivity index (χ3n) is 4.36. The second kappa shape index (κ2) is 9.21. The van der Waals surface area contributed by atoms with Gasteiger partial charge in [0.1, 0.15) is 18.0 Å². The summed E-state index contributed by atoms with van der Waals surface area (Å²) in [4.78, 5) is 12.6. The minimum Gasteiger partial charge on any atom is -0.457 e. The number of hydrogen-bond acceptors (Lipinski definition) is 6. The fourth-order valence-corrected chi connectivity index (χ4v) is 2.66. The summed E-state index contributed by atoms with van der Waals surface area (Å²) in [7, 11) is 0. The van der Waals surface area contributed by atoms with Crippen LogP contribution in [-0.2, 0) is 16.1 Å². The molecule has 1 aromatic rings. The molecule has 1 unspecified atom stereocenters. The molecule has 0 amide bonds. The molecule has 4 N–H and O–H groups in total. The molecule has 1 aliphatic heterocycles. The maximum Gasteiger partial charge on any atom is 0.342 e. The van der Waals surface area contributed by atoms with Crippen molar-refractivity contribution in [3.8, 4) is 0 Å². The molecule has 0 bridgehead atoms. The van der Waals surface area contributed by atoms with Gasteiger partial charge in [-0.05, 0) is 37.5 Å². The number of hydrogen-bond donors (Lipinski definition) is 4. The molecule has 1 heterocycles. The lowest BCUT2D eigenvalue weighted by Crippen LogP contribution is -2.39. The first kappa shape index (κ1) is 19.7. The Morgan fingerprint density at radius 1 is 1.32 bits per heavy atom. The Morgan fingerprint density at radius 3 is 2.71 bits per heavy atom. The highest BCUT2D eigenvalue weighted by Gasteiger charge is 2.29. The molecule has 1 atom stereocenters. The van der Waals surface area contributed by atoms with Crippen molar-refractivity contribution in [3.63, 3.8) is 0 Å². The van der Waals surface area contributed by atoms with Crippen molar-refractivity contribution in [3.05, 3.63) is 71.2 Å². The Balaban J connectivity index is 1.71. The van der Waals surface area contributed by atoms with E-state index in [0.29, 0.717) is 18.4 Å². The van der Waals surface area contributed by atoms with Crippen LogP contribution in [0.5, 0.6) is 0 Å². The number of rotatable bonds is 9. The lowest BCUT2D eigenvalue weighted by Gasteiger charge is -2.23. The molecule has 0 saturated heterocycles. The third-order valence-corrected chi connectivity index (χ3v) is 4.36. The molecule has 1 saturated carbocycles. The van der Waals surface area contributed by atoms with Crippen LogP contribution in [0.3, 0.4) is 0 Å². The second-order valence-electron chi connectivity index (χ2n) is 6.68. The lowest BCUT2D eigenvalue weighted by molar-refractivity contribution is -0.139. The van der Waals surface area contributed by atoms with E-state index in [4.69, 9.17) is 10.1 Å². The standard InChI is InChI=1S/C21H25FN4O2/c1-2-24-12-17(21(27)28-13-14-6-4-3-5-7-14)19(23)16-10-11-18(26-20(16)22)25-15-8-9-15/h3-7,10-12,15,20,23-26H,2,8-9,13H2,1H3/b17-12+,23-19?. The van der Waals surface area contributed by atoms with E-state index >= 15 is 0 Å². The monoisotopic (exact) mass is 384 g/mol. The number of allylic oxidation sites excluding steroid dienone is 2. The van der Waals surface area contributed by atoms with Gasteiger partial charge >= 0.3 is 5.97 Å². The van der Waals surface area contributed by atoms with E-state index in [2.05, 4.69) is 16.0 Å². The quantitative estimate of drug-likeness (QED) is 0.228. The molecule has 1 fully saturated rings.